The molecule has 0 aromatic rings. The van der Waals surface area contributed by atoms with E-state index >= 15 is 0 Å². The molecule has 25 heteroatoms. The highest BCUT2D eigenvalue weighted by Crippen LogP contribution is 2.44. The van der Waals surface area contributed by atoms with E-state index in [1.54, 1.807) is 7.05 Å². The van der Waals surface area contributed by atoms with E-state index in [4.69, 9.17) is 80.9 Å². The fraction of sp³-hybridized carbons (Fsp3) is 0.961. The van der Waals surface area contributed by atoms with Crippen molar-refractivity contribution in [3.05, 3.63) is 0 Å². The van der Waals surface area contributed by atoms with Crippen molar-refractivity contribution in [2.45, 2.75) is 280 Å². The summed E-state index contributed by atoms with van der Waals surface area (Å²) in [5.74, 6) is 1.93. The van der Waals surface area contributed by atoms with Crippen molar-refractivity contribution >= 4 is 17.8 Å². The molecule has 3 aliphatic carbocycles. The van der Waals surface area contributed by atoms with E-state index in [0.29, 0.717) is 145 Å². The summed E-state index contributed by atoms with van der Waals surface area (Å²) in [5.41, 5.74) is -0.0985. The molecule has 1 amide bonds. The van der Waals surface area contributed by atoms with Crippen LogP contribution in [0.1, 0.15) is 182 Å². The number of rotatable bonds is 40. The van der Waals surface area contributed by atoms with Crippen LogP contribution in [0.15, 0.2) is 0 Å². The molecule has 13 heterocycles. The molecule has 13 saturated heterocycles. The van der Waals surface area contributed by atoms with Gasteiger partial charge in [-0.2, -0.15) is 0 Å². The number of methoxy groups -OCH3 is 1. The number of aliphatic hydroxyl groups excluding tert-OH is 1. The minimum atomic E-state index is -0.264. The Labute approximate surface area is 603 Å². The van der Waals surface area contributed by atoms with Gasteiger partial charge in [0.2, 0.25) is 0 Å². The Morgan fingerprint density at radius 1 is 0.465 bits per heavy atom. The first-order chi connectivity index (χ1) is 49.4. The average molecular weight is 1440 g/mol. The third-order valence-electron chi connectivity index (χ3n) is 20.5. The maximum atomic E-state index is 12.0. The van der Waals surface area contributed by atoms with Crippen molar-refractivity contribution in [1.82, 2.24) is 5.32 Å². The highest BCUT2D eigenvalue weighted by molar-refractivity contribution is 5.82. The van der Waals surface area contributed by atoms with Crippen molar-refractivity contribution in [1.29, 1.82) is 0 Å². The number of likely N-dealkylation sites (N-methyl/N-ethyl adjacent to an activating group) is 1. The third-order valence-corrected chi connectivity index (χ3v) is 20.5. The van der Waals surface area contributed by atoms with E-state index in [9.17, 15) is 14.4 Å². The molecule has 16 fully saturated rings. The van der Waals surface area contributed by atoms with Gasteiger partial charge in [-0.1, -0.05) is 98.8 Å². The van der Waals surface area contributed by atoms with Crippen LogP contribution in [0, 0.1) is 29.1 Å². The van der Waals surface area contributed by atoms with E-state index in [1.807, 2.05) is 0 Å². The van der Waals surface area contributed by atoms with Crippen LogP contribution in [0.4, 0.5) is 0 Å². The molecule has 20 atom stereocenters. The lowest BCUT2D eigenvalue weighted by Crippen LogP contribution is -2.38. The van der Waals surface area contributed by atoms with Crippen LogP contribution in [0.25, 0.3) is 0 Å². The second-order valence-corrected chi connectivity index (χ2v) is 29.9. The Morgan fingerprint density at radius 2 is 0.941 bits per heavy atom. The average Bonchev–Trinajstić information content (AvgIpc) is 1.65. The van der Waals surface area contributed by atoms with Gasteiger partial charge >= 0.3 is 11.9 Å². The Hall–Kier alpha value is -2.35. The molecule has 0 spiro atoms. The topological polar surface area (TPSA) is 311 Å². The summed E-state index contributed by atoms with van der Waals surface area (Å²) in [6.45, 7) is 27.4. The number of aliphatic hydroxyl groups is 1. The van der Waals surface area contributed by atoms with Crippen molar-refractivity contribution in [3.63, 3.8) is 0 Å². The summed E-state index contributed by atoms with van der Waals surface area (Å²) in [6, 6.07) is 0. The molecule has 16 aliphatic rings. The molecule has 2 N–H and O–H groups in total. The van der Waals surface area contributed by atoms with Gasteiger partial charge < -0.3 is 105 Å². The van der Waals surface area contributed by atoms with Crippen LogP contribution in [0.5, 0.6) is 0 Å². The number of amides is 1. The number of ether oxygens (including phenoxy) is 20. The Bertz CT molecular complexity index is 2120. The van der Waals surface area contributed by atoms with Crippen LogP contribution in [-0.2, 0) is 109 Å². The fourth-order valence-corrected chi connectivity index (χ4v) is 12.1. The second-order valence-electron chi connectivity index (χ2n) is 29.9. The van der Waals surface area contributed by atoms with Gasteiger partial charge in [0.25, 0.3) is 5.91 Å². The number of esters is 2. The maximum absolute atomic E-state index is 12.0. The first kappa shape index (κ1) is 84.3. The number of carbonyl (C=O) groups excluding carboxylic acids is 3. The number of nitrogens with one attached hydrogen (secondary N) is 1. The molecule has 0 aromatic heterocycles. The van der Waals surface area contributed by atoms with E-state index in [1.165, 1.54) is 110 Å². The summed E-state index contributed by atoms with van der Waals surface area (Å²) in [5, 5.41) is 10.5. The molecule has 3 saturated carbocycles. The number of unbranched alkanes of at least 4 members (excludes halogenated alkanes) is 8. The Kier molecular flexibility index (Phi) is 39.6. The maximum Gasteiger partial charge on any atom is 0.337 e. The van der Waals surface area contributed by atoms with E-state index in [-0.39, 0.29) is 54.1 Å². The van der Waals surface area contributed by atoms with Gasteiger partial charge in [0.15, 0.2) is 12.2 Å². The van der Waals surface area contributed by atoms with Gasteiger partial charge in [0, 0.05) is 25.7 Å². The standard InChI is InChI=1S/C15H26O6.C14H20O4.C13H26O2.C11H22O2.C8H12O2.C4H7NO2.C4H6O3.C4H8O.C3H6O2/c1-2-15(9-16-3-12-6-19-12,10-17-4-13-7-20-13)11-18-5-14-8-21-14;15-14(9-2-4-11-13(6-9)18-11)16-7-8-1-3-10-12(5-8)17-10;1-2-3-4-5-6-7-8-9-10-14-11-13-12-15-13;1-3-5-6-10(4-2)7-12-8-11-9-13-11;1-2-6-7(10-6)3-5(1)8-4-9-8;1-5-4(6)3-2-7-3;1-6-4(5)3-2-7-3;1-2-4-3-5-4;4-1-3-2-5-3/h12-14H,2-11H2,1H3;8-13H,1-7H2;13H,2-12H2,1H3;10-11H,3-9H2,1-2H3;5-8H,1-4H2;3H,2H2,1H3,(H,5,6);3H,2H2,1H3;4H,2-3H2,1H3;3-4H,1-2H2. The highest BCUT2D eigenvalue weighted by Gasteiger charge is 2.49. The van der Waals surface area contributed by atoms with Crippen LogP contribution in [0.2, 0.25) is 0 Å². The zero-order chi connectivity index (χ0) is 71.4. The first-order valence-corrected chi connectivity index (χ1v) is 39.4. The molecular formula is C76H133NO24. The van der Waals surface area contributed by atoms with Gasteiger partial charge in [-0.25, -0.2) is 4.79 Å². The summed E-state index contributed by atoms with van der Waals surface area (Å²) < 4.78 is 104. The third kappa shape index (κ3) is 39.9. The lowest BCUT2D eigenvalue weighted by atomic mass is 9.87. The number of hydrogen-bond donors (Lipinski definition) is 2. The smallest absolute Gasteiger partial charge is 0.337 e. The van der Waals surface area contributed by atoms with E-state index < -0.39 is 0 Å². The number of epoxide rings is 13. The zero-order valence-electron chi connectivity index (χ0n) is 62.7. The van der Waals surface area contributed by atoms with E-state index in [2.05, 4.69) is 58.9 Å². The minimum absolute atomic E-state index is 0.00258. The summed E-state index contributed by atoms with van der Waals surface area (Å²) in [7, 11) is 2.95. The van der Waals surface area contributed by atoms with Gasteiger partial charge in [0.05, 0.1) is 194 Å². The van der Waals surface area contributed by atoms with E-state index in [0.717, 1.165) is 136 Å². The SMILES string of the molecule is C1CC2OC2CC1C1CO1.CCC(COCC1CO1)(COCC1CO1)COCC1CO1.CCC1CO1.CCCCC(CC)COCC1CO1.CCCCCCCCCCOCC1CO1.CNC(=O)C1CO1.COC(=O)C1CO1.O=C(OCC1CCC2OC2C1)C1CCC2OC2C1.OCC1CO1. The lowest BCUT2D eigenvalue weighted by molar-refractivity contribution is -0.151. The normalized spacial score (nSPS) is 34.2. The van der Waals surface area contributed by atoms with Crippen LogP contribution < -0.4 is 5.32 Å². The monoisotopic (exact) mass is 1440 g/mol. The predicted molar refractivity (Wildman–Crippen MR) is 373 cm³/mol. The van der Waals surface area contributed by atoms with Crippen LogP contribution >= 0.6 is 0 Å². The molecule has 586 valence electrons. The van der Waals surface area contributed by atoms with Gasteiger partial charge in [-0.3, -0.25) is 9.59 Å². The highest BCUT2D eigenvalue weighted by atomic mass is 16.6. The summed E-state index contributed by atoms with van der Waals surface area (Å²) in [4.78, 5) is 32.6. The molecule has 0 aromatic carbocycles. The van der Waals surface area contributed by atoms with Crippen LogP contribution in [0.3, 0.4) is 0 Å². The zero-order valence-corrected chi connectivity index (χ0v) is 62.7. The molecule has 101 heavy (non-hydrogen) atoms. The lowest BCUT2D eigenvalue weighted by Gasteiger charge is -2.32. The number of hydrogen-bond acceptors (Lipinski definition) is 24. The number of fused-ring (bicyclic) bond motifs is 3. The molecule has 20 unspecified atom stereocenters. The second kappa shape index (κ2) is 47.4. The van der Waals surface area contributed by atoms with Gasteiger partial charge in [-0.05, 0) is 101 Å². The molecule has 16 rings (SSSR count). The van der Waals surface area contributed by atoms with Gasteiger partial charge in [-0.15, -0.1) is 0 Å². The van der Waals surface area contributed by atoms with Crippen LogP contribution in [-0.4, -0.2) is 280 Å². The van der Waals surface area contributed by atoms with Gasteiger partial charge in [0.1, 0.15) is 36.6 Å². The molecule has 0 bridgehead atoms. The predicted octanol–water partition coefficient (Wildman–Crippen LogP) is 8.27. The Morgan fingerprint density at radius 3 is 1.33 bits per heavy atom. The first-order valence-electron chi connectivity index (χ1n) is 39.4. The summed E-state index contributed by atoms with van der Waals surface area (Å²) in [6.07, 6.45) is 34.3. The summed E-state index contributed by atoms with van der Waals surface area (Å²) >= 11 is 0. The molecule has 13 aliphatic heterocycles. The molecular weight excluding hydrogens is 1310 g/mol. The van der Waals surface area contributed by atoms with Crippen molar-refractivity contribution in [2.75, 3.05) is 160 Å². The van der Waals surface area contributed by atoms with Crippen molar-refractivity contribution < 1.29 is 114 Å². The molecule has 0 radical (unpaired) electrons. The molecule has 25 nitrogen and oxygen atoms in total. The van der Waals surface area contributed by atoms with Crippen molar-refractivity contribution in [3.8, 4) is 0 Å². The number of carbonyl (C=O) groups is 3. The largest absolute Gasteiger partial charge is 0.467 e. The fourth-order valence-electron chi connectivity index (χ4n) is 12.1. The quantitative estimate of drug-likeness (QED) is 0.0331. The van der Waals surface area contributed by atoms with Crippen molar-refractivity contribution in [2.24, 2.45) is 29.1 Å². The minimum Gasteiger partial charge on any atom is -0.467 e. The Balaban J connectivity index is 0.000000150.